The lowest BCUT2D eigenvalue weighted by molar-refractivity contribution is -0.150. The molecule has 2 aromatic rings. The summed E-state index contributed by atoms with van der Waals surface area (Å²) in [7, 11) is 0. The molecule has 1 saturated heterocycles. The topological polar surface area (TPSA) is 95.9 Å². The fourth-order valence-electron chi connectivity index (χ4n) is 6.70. The zero-order chi connectivity index (χ0) is 24.1. The van der Waals surface area contributed by atoms with Crippen molar-refractivity contribution in [1.29, 1.82) is 0 Å². The standard InChI is InChI=1S/C28H30N2O5/c31-26(30-14-16-6-5-11-18(16)25(30)27(32)33)23-12-17(23)13-29-28(34)35-15-24-21-9-3-1-7-19(21)20-8-2-4-10-22(20)24/h1-4,7-10,16-18,23-25H,5-6,11-15H2,(H,29,34)(H,32,33). The van der Waals surface area contributed by atoms with Gasteiger partial charge in [0, 0.05) is 24.9 Å². The first-order valence-corrected chi connectivity index (χ1v) is 12.6. The molecular weight excluding hydrogens is 444 g/mol. The van der Waals surface area contributed by atoms with Crippen LogP contribution in [0.15, 0.2) is 48.5 Å². The Morgan fingerprint density at radius 2 is 1.69 bits per heavy atom. The van der Waals surface area contributed by atoms with Crippen LogP contribution in [0.1, 0.15) is 42.7 Å². The van der Waals surface area contributed by atoms with Crippen LogP contribution in [0.4, 0.5) is 4.79 Å². The molecule has 0 bridgehead atoms. The van der Waals surface area contributed by atoms with Gasteiger partial charge < -0.3 is 20.1 Å². The maximum Gasteiger partial charge on any atom is 0.407 e. The van der Waals surface area contributed by atoms with Crippen molar-refractivity contribution in [3.63, 3.8) is 0 Å². The number of carbonyl (C=O) groups excluding carboxylic acids is 2. The number of carboxylic acid groups (broad SMARTS) is 1. The van der Waals surface area contributed by atoms with Crippen LogP contribution in [0.25, 0.3) is 11.1 Å². The first kappa shape index (κ1) is 22.1. The molecule has 5 atom stereocenters. The third-order valence-corrected chi connectivity index (χ3v) is 8.52. The Balaban J connectivity index is 1.01. The predicted molar refractivity (Wildman–Crippen MR) is 129 cm³/mol. The summed E-state index contributed by atoms with van der Waals surface area (Å²) < 4.78 is 5.59. The van der Waals surface area contributed by atoms with Gasteiger partial charge in [-0.15, -0.1) is 0 Å². The molecule has 182 valence electrons. The molecule has 7 nitrogen and oxygen atoms in total. The molecule has 0 radical (unpaired) electrons. The highest BCUT2D eigenvalue weighted by atomic mass is 16.5. The van der Waals surface area contributed by atoms with Crippen molar-refractivity contribution >= 4 is 18.0 Å². The number of aliphatic carboxylic acids is 1. The van der Waals surface area contributed by atoms with Gasteiger partial charge in [-0.2, -0.15) is 0 Å². The summed E-state index contributed by atoms with van der Waals surface area (Å²) in [5, 5.41) is 12.5. The summed E-state index contributed by atoms with van der Waals surface area (Å²) in [6, 6.07) is 15.7. The van der Waals surface area contributed by atoms with E-state index in [0.29, 0.717) is 25.4 Å². The number of benzene rings is 2. The second kappa shape index (κ2) is 8.70. The Kier molecular flexibility index (Phi) is 5.50. The fourth-order valence-corrected chi connectivity index (χ4v) is 6.70. The van der Waals surface area contributed by atoms with E-state index >= 15 is 0 Å². The summed E-state index contributed by atoms with van der Waals surface area (Å²) in [5.74, 6) is -0.704. The molecule has 2 amide bonds. The second-order valence-electron chi connectivity index (χ2n) is 10.4. The molecule has 5 unspecified atom stereocenters. The van der Waals surface area contributed by atoms with Gasteiger partial charge in [0.1, 0.15) is 12.6 Å². The van der Waals surface area contributed by atoms with Crippen LogP contribution < -0.4 is 5.32 Å². The average Bonchev–Trinajstić information content (AvgIpc) is 3.18. The molecule has 7 heteroatoms. The number of likely N-dealkylation sites (tertiary alicyclic amines) is 1. The summed E-state index contributed by atoms with van der Waals surface area (Å²) in [6.07, 6.45) is 3.15. The molecule has 3 fully saturated rings. The van der Waals surface area contributed by atoms with E-state index in [1.54, 1.807) is 4.90 Å². The Bertz CT molecular complexity index is 1130. The van der Waals surface area contributed by atoms with E-state index in [4.69, 9.17) is 4.74 Å². The van der Waals surface area contributed by atoms with Crippen molar-refractivity contribution < 1.29 is 24.2 Å². The molecule has 3 aliphatic carbocycles. The number of rotatable bonds is 6. The van der Waals surface area contributed by atoms with Crippen molar-refractivity contribution in [2.45, 2.75) is 37.6 Å². The molecule has 0 aromatic heterocycles. The maximum atomic E-state index is 13.1. The van der Waals surface area contributed by atoms with E-state index in [-0.39, 0.29) is 36.2 Å². The number of ether oxygens (including phenoxy) is 1. The Morgan fingerprint density at radius 1 is 1.00 bits per heavy atom. The van der Waals surface area contributed by atoms with Gasteiger partial charge in [0.05, 0.1) is 0 Å². The monoisotopic (exact) mass is 474 g/mol. The quantitative estimate of drug-likeness (QED) is 0.663. The van der Waals surface area contributed by atoms with Crippen molar-refractivity contribution in [2.75, 3.05) is 19.7 Å². The molecule has 2 aromatic carbocycles. The molecule has 0 spiro atoms. The van der Waals surface area contributed by atoms with E-state index in [0.717, 1.165) is 30.4 Å². The minimum atomic E-state index is -0.887. The van der Waals surface area contributed by atoms with Gasteiger partial charge >= 0.3 is 12.1 Å². The lowest BCUT2D eigenvalue weighted by atomic mass is 9.94. The third-order valence-electron chi connectivity index (χ3n) is 8.52. The van der Waals surface area contributed by atoms with Gasteiger partial charge in [-0.1, -0.05) is 55.0 Å². The molecule has 4 aliphatic rings. The van der Waals surface area contributed by atoms with Crippen molar-refractivity contribution in [1.82, 2.24) is 10.2 Å². The number of nitrogens with one attached hydrogen (secondary N) is 1. The Morgan fingerprint density at radius 3 is 2.37 bits per heavy atom. The van der Waals surface area contributed by atoms with Gasteiger partial charge in [0.25, 0.3) is 0 Å². The highest BCUT2D eigenvalue weighted by Gasteiger charge is 2.54. The Hall–Kier alpha value is -3.35. The number of amides is 2. The van der Waals surface area contributed by atoms with Crippen LogP contribution in [0, 0.1) is 23.7 Å². The van der Waals surface area contributed by atoms with Crippen LogP contribution in [0.2, 0.25) is 0 Å². The second-order valence-corrected chi connectivity index (χ2v) is 10.4. The zero-order valence-corrected chi connectivity index (χ0v) is 19.6. The number of nitrogens with zero attached hydrogens (tertiary/aromatic N) is 1. The smallest absolute Gasteiger partial charge is 0.407 e. The highest BCUT2D eigenvalue weighted by Crippen LogP contribution is 2.47. The van der Waals surface area contributed by atoms with Gasteiger partial charge in [-0.25, -0.2) is 9.59 Å². The number of hydrogen-bond acceptors (Lipinski definition) is 4. The van der Waals surface area contributed by atoms with Gasteiger partial charge in [-0.05, 0) is 59.3 Å². The van der Waals surface area contributed by atoms with E-state index in [2.05, 4.69) is 29.6 Å². The summed E-state index contributed by atoms with van der Waals surface area (Å²) >= 11 is 0. The number of alkyl carbamates (subject to hydrolysis) is 1. The number of hydrogen-bond donors (Lipinski definition) is 2. The molecule has 2 saturated carbocycles. The zero-order valence-electron chi connectivity index (χ0n) is 19.6. The lowest BCUT2D eigenvalue weighted by Gasteiger charge is -2.24. The van der Waals surface area contributed by atoms with Crippen LogP contribution in [0.3, 0.4) is 0 Å². The average molecular weight is 475 g/mol. The van der Waals surface area contributed by atoms with Crippen molar-refractivity contribution in [2.24, 2.45) is 23.7 Å². The van der Waals surface area contributed by atoms with Gasteiger partial charge in [-0.3, -0.25) is 4.79 Å². The minimum Gasteiger partial charge on any atom is -0.480 e. The van der Waals surface area contributed by atoms with E-state index in [1.807, 2.05) is 24.3 Å². The SMILES string of the molecule is O=C(NCC1CC1C(=O)N1CC2CCCC2C1C(=O)O)OCC1c2ccccc2-c2ccccc21. The van der Waals surface area contributed by atoms with E-state index in [1.165, 1.54) is 11.1 Å². The third kappa shape index (κ3) is 3.87. The predicted octanol–water partition coefficient (Wildman–Crippen LogP) is 3.87. The van der Waals surface area contributed by atoms with E-state index < -0.39 is 18.1 Å². The maximum absolute atomic E-state index is 13.1. The van der Waals surface area contributed by atoms with Crippen LogP contribution in [-0.4, -0.2) is 53.7 Å². The van der Waals surface area contributed by atoms with Crippen LogP contribution >= 0.6 is 0 Å². The number of fused-ring (bicyclic) bond motifs is 4. The summed E-state index contributed by atoms with van der Waals surface area (Å²) in [4.78, 5) is 39.0. The normalized spacial score (nSPS) is 28.2. The van der Waals surface area contributed by atoms with E-state index in [9.17, 15) is 19.5 Å². The number of carbonyl (C=O) groups is 3. The van der Waals surface area contributed by atoms with Crippen molar-refractivity contribution in [3.05, 3.63) is 59.7 Å². The number of carboxylic acids is 1. The fraction of sp³-hybridized carbons (Fsp3) is 0.464. The van der Waals surface area contributed by atoms with Crippen LogP contribution in [0.5, 0.6) is 0 Å². The lowest BCUT2D eigenvalue weighted by Crippen LogP contribution is -2.44. The molecule has 35 heavy (non-hydrogen) atoms. The summed E-state index contributed by atoms with van der Waals surface area (Å²) in [6.45, 7) is 1.18. The van der Waals surface area contributed by atoms with Gasteiger partial charge in [0.15, 0.2) is 0 Å². The van der Waals surface area contributed by atoms with Crippen LogP contribution in [-0.2, 0) is 14.3 Å². The first-order valence-electron chi connectivity index (χ1n) is 12.6. The first-order chi connectivity index (χ1) is 17.0. The molecule has 2 N–H and O–H groups in total. The molecular formula is C28H30N2O5. The molecule has 1 aliphatic heterocycles. The summed E-state index contributed by atoms with van der Waals surface area (Å²) in [5.41, 5.74) is 4.69. The van der Waals surface area contributed by atoms with Crippen molar-refractivity contribution in [3.8, 4) is 11.1 Å². The molecule has 6 rings (SSSR count). The largest absolute Gasteiger partial charge is 0.480 e. The minimum absolute atomic E-state index is 0.00553. The van der Waals surface area contributed by atoms with Gasteiger partial charge in [0.2, 0.25) is 5.91 Å². The molecule has 1 heterocycles. The Labute approximate surface area is 204 Å². The highest BCUT2D eigenvalue weighted by molar-refractivity contribution is 5.88.